The van der Waals surface area contributed by atoms with Crippen LogP contribution in [0.4, 0.5) is 0 Å². The summed E-state index contributed by atoms with van der Waals surface area (Å²) in [5, 5.41) is 12.0. The molecule has 0 unspecified atom stereocenters. The van der Waals surface area contributed by atoms with E-state index in [1.54, 1.807) is 23.1 Å². The first-order valence-corrected chi connectivity index (χ1v) is 11.4. The molecule has 1 N–H and O–H groups in total. The molecule has 0 radical (unpaired) electrons. The van der Waals surface area contributed by atoms with Gasteiger partial charge in [0.2, 0.25) is 0 Å². The average molecular weight is 495 g/mol. The average Bonchev–Trinajstić information content (AvgIpc) is 3.23. The first kappa shape index (κ1) is 21.2. The van der Waals surface area contributed by atoms with Crippen molar-refractivity contribution in [2.75, 3.05) is 6.54 Å². The third-order valence-electron chi connectivity index (χ3n) is 4.47. The highest BCUT2D eigenvalue weighted by molar-refractivity contribution is 9.10. The molecule has 0 spiro atoms. The molecule has 0 aliphatic carbocycles. The van der Waals surface area contributed by atoms with Crippen LogP contribution in [0.3, 0.4) is 0 Å². The topological polar surface area (TPSA) is 85.6 Å². The maximum absolute atomic E-state index is 12.9. The van der Waals surface area contributed by atoms with Crippen LogP contribution in [0.1, 0.15) is 21.7 Å². The molecular weight excluding hydrogens is 476 g/mol. The molecule has 2 aromatic carbocycles. The van der Waals surface area contributed by atoms with Crippen LogP contribution in [0.5, 0.6) is 0 Å². The van der Waals surface area contributed by atoms with Crippen LogP contribution in [-0.2, 0) is 12.2 Å². The highest BCUT2D eigenvalue weighted by Crippen LogP contribution is 2.23. The van der Waals surface area contributed by atoms with Crippen molar-refractivity contribution >= 4 is 33.6 Å². The van der Waals surface area contributed by atoms with E-state index >= 15 is 0 Å². The molecular formula is C22H19BrN6OS. The molecule has 156 valence electrons. The summed E-state index contributed by atoms with van der Waals surface area (Å²) in [6.07, 6.45) is 4.13. The number of thioether (sulfide) groups is 1. The van der Waals surface area contributed by atoms with Crippen molar-refractivity contribution in [1.82, 2.24) is 30.3 Å². The van der Waals surface area contributed by atoms with E-state index in [9.17, 15) is 4.79 Å². The first-order valence-electron chi connectivity index (χ1n) is 9.63. The molecule has 1 amide bonds. The zero-order chi connectivity index (χ0) is 21.5. The SMILES string of the molecule is O=C(NCCc1ccccc1)c1nnn(-c2ccc(Br)cc2)c1CSc1ncccn1. The summed E-state index contributed by atoms with van der Waals surface area (Å²) in [5.41, 5.74) is 2.98. The Morgan fingerprint density at radius 3 is 2.48 bits per heavy atom. The molecule has 31 heavy (non-hydrogen) atoms. The Kier molecular flexibility index (Phi) is 7.06. The second kappa shape index (κ2) is 10.3. The summed E-state index contributed by atoms with van der Waals surface area (Å²) in [6, 6.07) is 19.5. The number of hydrogen-bond donors (Lipinski definition) is 1. The van der Waals surface area contributed by atoms with Gasteiger partial charge in [0, 0.05) is 29.2 Å². The first-order chi connectivity index (χ1) is 15.2. The standard InChI is InChI=1S/C22H19BrN6OS/c23-17-7-9-18(10-8-17)29-19(15-31-22-25-12-4-13-26-22)20(27-28-29)21(30)24-14-11-16-5-2-1-3-6-16/h1-10,12-13H,11,14-15H2,(H,24,30). The number of carbonyl (C=O) groups excluding carboxylic acids is 1. The van der Waals surface area contributed by atoms with Crippen molar-refractivity contribution in [1.29, 1.82) is 0 Å². The van der Waals surface area contributed by atoms with E-state index in [-0.39, 0.29) is 5.91 Å². The number of hydrogen-bond acceptors (Lipinski definition) is 6. The fourth-order valence-corrected chi connectivity index (χ4v) is 4.00. The number of rotatable bonds is 8. The fraction of sp³-hybridized carbons (Fsp3) is 0.136. The molecule has 0 aliphatic rings. The fourth-order valence-electron chi connectivity index (χ4n) is 2.94. The summed E-state index contributed by atoms with van der Waals surface area (Å²) in [6.45, 7) is 0.516. The zero-order valence-corrected chi connectivity index (χ0v) is 18.9. The normalized spacial score (nSPS) is 10.7. The molecule has 2 heterocycles. The largest absolute Gasteiger partial charge is 0.350 e. The van der Waals surface area contributed by atoms with Gasteiger partial charge >= 0.3 is 0 Å². The minimum atomic E-state index is -0.246. The van der Waals surface area contributed by atoms with Crippen LogP contribution in [0.2, 0.25) is 0 Å². The monoisotopic (exact) mass is 494 g/mol. The third kappa shape index (κ3) is 5.56. The number of benzene rings is 2. The minimum absolute atomic E-state index is 0.246. The number of halogens is 1. The van der Waals surface area contributed by atoms with E-state index < -0.39 is 0 Å². The van der Waals surface area contributed by atoms with Crippen LogP contribution in [0.15, 0.2) is 82.7 Å². The lowest BCUT2D eigenvalue weighted by Crippen LogP contribution is -2.27. The van der Waals surface area contributed by atoms with Gasteiger partial charge in [0.1, 0.15) is 0 Å². The smallest absolute Gasteiger partial charge is 0.273 e. The van der Waals surface area contributed by atoms with Crippen LogP contribution < -0.4 is 5.32 Å². The predicted octanol–water partition coefficient (Wildman–Crippen LogP) is 4.08. The molecule has 0 atom stereocenters. The maximum Gasteiger partial charge on any atom is 0.273 e. The molecule has 0 aliphatic heterocycles. The van der Waals surface area contributed by atoms with Gasteiger partial charge < -0.3 is 5.32 Å². The Labute approximate surface area is 192 Å². The highest BCUT2D eigenvalue weighted by atomic mass is 79.9. The van der Waals surface area contributed by atoms with Crippen molar-refractivity contribution in [3.05, 3.63) is 94.5 Å². The van der Waals surface area contributed by atoms with E-state index in [0.717, 1.165) is 16.6 Å². The lowest BCUT2D eigenvalue weighted by Gasteiger charge is -2.08. The van der Waals surface area contributed by atoms with Gasteiger partial charge in [0.15, 0.2) is 10.9 Å². The minimum Gasteiger partial charge on any atom is -0.350 e. The summed E-state index contributed by atoms with van der Waals surface area (Å²) in [4.78, 5) is 21.4. The van der Waals surface area contributed by atoms with Gasteiger partial charge in [-0.15, -0.1) is 5.10 Å². The molecule has 0 bridgehead atoms. The molecule has 9 heteroatoms. The van der Waals surface area contributed by atoms with Crippen LogP contribution in [0.25, 0.3) is 5.69 Å². The Bertz CT molecular complexity index is 1140. The Morgan fingerprint density at radius 2 is 1.74 bits per heavy atom. The van der Waals surface area contributed by atoms with Gasteiger partial charge in [-0.1, -0.05) is 63.2 Å². The second-order valence-corrected chi connectivity index (χ2v) is 8.44. The van der Waals surface area contributed by atoms with E-state index in [1.165, 1.54) is 17.3 Å². The van der Waals surface area contributed by atoms with E-state index in [1.807, 2.05) is 54.6 Å². The van der Waals surface area contributed by atoms with Crippen LogP contribution in [-0.4, -0.2) is 37.4 Å². The van der Waals surface area contributed by atoms with Gasteiger partial charge in [0.25, 0.3) is 5.91 Å². The van der Waals surface area contributed by atoms with Crippen molar-refractivity contribution in [3.63, 3.8) is 0 Å². The summed E-state index contributed by atoms with van der Waals surface area (Å²) >= 11 is 4.87. The lowest BCUT2D eigenvalue weighted by atomic mass is 10.1. The molecule has 7 nitrogen and oxygen atoms in total. The Morgan fingerprint density at radius 1 is 1.00 bits per heavy atom. The molecule has 4 rings (SSSR count). The summed E-state index contributed by atoms with van der Waals surface area (Å²) in [5.74, 6) is 0.206. The Balaban J connectivity index is 1.54. The summed E-state index contributed by atoms with van der Waals surface area (Å²) in [7, 11) is 0. The zero-order valence-electron chi connectivity index (χ0n) is 16.5. The molecule has 2 aromatic heterocycles. The number of nitrogens with zero attached hydrogens (tertiary/aromatic N) is 5. The van der Waals surface area contributed by atoms with Crippen molar-refractivity contribution < 1.29 is 4.79 Å². The van der Waals surface area contributed by atoms with E-state index in [0.29, 0.717) is 28.8 Å². The Hall–Kier alpha value is -3.04. The van der Waals surface area contributed by atoms with Gasteiger partial charge in [0.05, 0.1) is 11.4 Å². The van der Waals surface area contributed by atoms with E-state index in [2.05, 4.69) is 41.5 Å². The predicted molar refractivity (Wildman–Crippen MR) is 123 cm³/mol. The highest BCUT2D eigenvalue weighted by Gasteiger charge is 2.21. The number of nitrogens with one attached hydrogen (secondary N) is 1. The lowest BCUT2D eigenvalue weighted by molar-refractivity contribution is 0.0948. The molecule has 4 aromatic rings. The molecule has 0 fully saturated rings. The number of aromatic nitrogens is 5. The summed E-state index contributed by atoms with van der Waals surface area (Å²) < 4.78 is 2.65. The van der Waals surface area contributed by atoms with Crippen molar-refractivity contribution in [2.45, 2.75) is 17.3 Å². The quantitative estimate of drug-likeness (QED) is 0.293. The molecule has 0 saturated carbocycles. The maximum atomic E-state index is 12.9. The van der Waals surface area contributed by atoms with Crippen molar-refractivity contribution in [3.8, 4) is 5.69 Å². The second-order valence-electron chi connectivity index (χ2n) is 6.58. The number of amides is 1. The number of carbonyl (C=O) groups is 1. The van der Waals surface area contributed by atoms with Gasteiger partial charge in [-0.2, -0.15) is 0 Å². The van der Waals surface area contributed by atoms with Crippen molar-refractivity contribution in [2.24, 2.45) is 0 Å². The van der Waals surface area contributed by atoms with E-state index in [4.69, 9.17) is 0 Å². The van der Waals surface area contributed by atoms with Gasteiger partial charge in [-0.3, -0.25) is 4.79 Å². The van der Waals surface area contributed by atoms with Gasteiger partial charge in [-0.25, -0.2) is 14.6 Å². The van der Waals surface area contributed by atoms with Gasteiger partial charge in [-0.05, 0) is 42.3 Å². The van der Waals surface area contributed by atoms with Crippen LogP contribution in [0, 0.1) is 0 Å². The van der Waals surface area contributed by atoms with Crippen LogP contribution >= 0.6 is 27.7 Å². The third-order valence-corrected chi connectivity index (χ3v) is 5.89. The molecule has 0 saturated heterocycles.